The van der Waals surface area contributed by atoms with Gasteiger partial charge >= 0.3 is 0 Å². The molecule has 102 valence electrons. The lowest BCUT2D eigenvalue weighted by Gasteiger charge is -2.31. The Bertz CT molecular complexity index is 558. The molecule has 0 saturated carbocycles. The van der Waals surface area contributed by atoms with Gasteiger partial charge in [-0.3, -0.25) is 0 Å². The molecule has 1 saturated heterocycles. The molecule has 1 aliphatic rings. The number of nitrogens with zero attached hydrogens (tertiary/aromatic N) is 3. The predicted molar refractivity (Wildman–Crippen MR) is 78.5 cm³/mol. The van der Waals surface area contributed by atoms with Crippen LogP contribution in [0.5, 0.6) is 0 Å². The van der Waals surface area contributed by atoms with E-state index in [1.807, 2.05) is 0 Å². The molecule has 2 aromatic rings. The van der Waals surface area contributed by atoms with Crippen LogP contribution in [0.3, 0.4) is 0 Å². The number of pyridine rings is 1. The average Bonchev–Trinajstić information content (AvgIpc) is 2.83. The fourth-order valence-corrected chi connectivity index (χ4v) is 3.20. The number of likely N-dealkylation sites (tertiary alicyclic amines) is 1. The maximum atomic E-state index is 4.76. The fourth-order valence-electron chi connectivity index (χ4n) is 3.20. The zero-order valence-corrected chi connectivity index (χ0v) is 12.0. The summed E-state index contributed by atoms with van der Waals surface area (Å²) in [6.07, 6.45) is 6.03. The monoisotopic (exact) mass is 257 g/mol. The molecule has 2 aromatic heterocycles. The lowest BCUT2D eigenvalue weighted by Crippen LogP contribution is -2.35. The third-order valence-corrected chi connectivity index (χ3v) is 4.29. The molecule has 0 aliphatic carbocycles. The van der Waals surface area contributed by atoms with Gasteiger partial charge in [0.25, 0.3) is 0 Å². The number of aryl methyl sites for hydroxylation is 1. The molecule has 3 heterocycles. The Morgan fingerprint density at radius 3 is 3.05 bits per heavy atom. The largest absolute Gasteiger partial charge is 0.304 e. The molecule has 0 aromatic carbocycles. The third-order valence-electron chi connectivity index (χ3n) is 4.29. The van der Waals surface area contributed by atoms with Crippen LogP contribution in [-0.2, 0) is 6.42 Å². The normalized spacial score (nSPS) is 21.1. The Kier molecular flexibility index (Phi) is 3.56. The standard InChI is InChI=1S/C16H23N3/c1-3-18-9-5-7-14(11-18)10-15-12-19-13(2)6-4-8-16(19)17-15/h4,6,8,12,14H,3,5,7,9-11H2,1-2H3. The van der Waals surface area contributed by atoms with Crippen LogP contribution in [0.25, 0.3) is 5.65 Å². The maximum Gasteiger partial charge on any atom is 0.137 e. The van der Waals surface area contributed by atoms with Gasteiger partial charge in [0.15, 0.2) is 0 Å². The molecule has 1 aliphatic heterocycles. The Hall–Kier alpha value is -1.35. The second-order valence-corrected chi connectivity index (χ2v) is 5.73. The number of hydrogen-bond donors (Lipinski definition) is 0. The Morgan fingerprint density at radius 1 is 1.37 bits per heavy atom. The summed E-state index contributed by atoms with van der Waals surface area (Å²) < 4.78 is 2.20. The van der Waals surface area contributed by atoms with Crippen molar-refractivity contribution in [3.63, 3.8) is 0 Å². The van der Waals surface area contributed by atoms with Crippen LogP contribution in [0.15, 0.2) is 24.4 Å². The topological polar surface area (TPSA) is 20.5 Å². The summed E-state index contributed by atoms with van der Waals surface area (Å²) in [5.41, 5.74) is 3.59. The molecule has 1 atom stereocenters. The van der Waals surface area contributed by atoms with Crippen LogP contribution in [0, 0.1) is 12.8 Å². The van der Waals surface area contributed by atoms with Crippen LogP contribution in [0.2, 0.25) is 0 Å². The van der Waals surface area contributed by atoms with Gasteiger partial charge in [0.05, 0.1) is 5.69 Å². The predicted octanol–water partition coefficient (Wildman–Crippen LogP) is 2.92. The lowest BCUT2D eigenvalue weighted by atomic mass is 9.94. The summed E-state index contributed by atoms with van der Waals surface area (Å²) in [6.45, 7) is 8.09. The first-order valence-corrected chi connectivity index (χ1v) is 7.42. The molecule has 1 unspecified atom stereocenters. The van der Waals surface area contributed by atoms with Gasteiger partial charge in [-0.05, 0) is 57.3 Å². The molecular formula is C16H23N3. The maximum absolute atomic E-state index is 4.76. The van der Waals surface area contributed by atoms with Crippen LogP contribution in [-0.4, -0.2) is 33.9 Å². The summed E-state index contributed by atoms with van der Waals surface area (Å²) in [4.78, 5) is 7.33. The Morgan fingerprint density at radius 2 is 2.26 bits per heavy atom. The first kappa shape index (κ1) is 12.7. The van der Waals surface area contributed by atoms with Gasteiger partial charge in [-0.25, -0.2) is 4.98 Å². The zero-order chi connectivity index (χ0) is 13.2. The van der Waals surface area contributed by atoms with E-state index >= 15 is 0 Å². The van der Waals surface area contributed by atoms with E-state index in [-0.39, 0.29) is 0 Å². The number of piperidine rings is 1. The smallest absolute Gasteiger partial charge is 0.137 e. The molecular weight excluding hydrogens is 234 g/mol. The lowest BCUT2D eigenvalue weighted by molar-refractivity contribution is 0.181. The van der Waals surface area contributed by atoms with Crippen LogP contribution >= 0.6 is 0 Å². The highest BCUT2D eigenvalue weighted by Gasteiger charge is 2.20. The Balaban J connectivity index is 1.76. The highest BCUT2D eigenvalue weighted by Crippen LogP contribution is 2.21. The van der Waals surface area contributed by atoms with Crippen LogP contribution < -0.4 is 0 Å². The van der Waals surface area contributed by atoms with Crippen LogP contribution in [0.1, 0.15) is 31.2 Å². The van der Waals surface area contributed by atoms with Crippen molar-refractivity contribution in [2.45, 2.75) is 33.1 Å². The van der Waals surface area contributed by atoms with Crippen molar-refractivity contribution in [3.05, 3.63) is 35.8 Å². The van der Waals surface area contributed by atoms with E-state index in [0.29, 0.717) is 0 Å². The minimum absolute atomic E-state index is 0.777. The molecule has 3 nitrogen and oxygen atoms in total. The number of hydrogen-bond acceptors (Lipinski definition) is 2. The van der Waals surface area contributed by atoms with E-state index in [4.69, 9.17) is 4.98 Å². The molecule has 3 heteroatoms. The summed E-state index contributed by atoms with van der Waals surface area (Å²) in [6, 6.07) is 6.31. The SMILES string of the molecule is CCN1CCCC(Cc2cn3c(C)cccc3n2)C1. The fraction of sp³-hybridized carbons (Fsp3) is 0.562. The molecule has 1 fully saturated rings. The summed E-state index contributed by atoms with van der Waals surface area (Å²) in [5, 5.41) is 0. The van der Waals surface area contributed by atoms with E-state index in [9.17, 15) is 0 Å². The second kappa shape index (κ2) is 5.33. The van der Waals surface area contributed by atoms with Gasteiger partial charge in [-0.15, -0.1) is 0 Å². The summed E-state index contributed by atoms with van der Waals surface area (Å²) >= 11 is 0. The quantitative estimate of drug-likeness (QED) is 0.842. The van der Waals surface area contributed by atoms with Gasteiger partial charge in [0.2, 0.25) is 0 Å². The van der Waals surface area contributed by atoms with Crippen molar-refractivity contribution in [1.29, 1.82) is 0 Å². The van der Waals surface area contributed by atoms with Crippen LogP contribution in [0.4, 0.5) is 0 Å². The summed E-state index contributed by atoms with van der Waals surface area (Å²) in [7, 11) is 0. The number of fused-ring (bicyclic) bond motifs is 1. The molecule has 19 heavy (non-hydrogen) atoms. The van der Waals surface area contributed by atoms with Gasteiger partial charge < -0.3 is 9.30 Å². The molecule has 0 N–H and O–H groups in total. The third kappa shape index (κ3) is 2.66. The van der Waals surface area contributed by atoms with Crippen molar-refractivity contribution in [1.82, 2.24) is 14.3 Å². The number of aromatic nitrogens is 2. The number of imidazole rings is 1. The zero-order valence-electron chi connectivity index (χ0n) is 12.0. The van der Waals surface area contributed by atoms with E-state index in [2.05, 4.69) is 47.5 Å². The average molecular weight is 257 g/mol. The molecule has 0 spiro atoms. The highest BCUT2D eigenvalue weighted by molar-refractivity contribution is 5.41. The molecule has 0 radical (unpaired) electrons. The van der Waals surface area contributed by atoms with Gasteiger partial charge in [-0.1, -0.05) is 13.0 Å². The van der Waals surface area contributed by atoms with Crippen molar-refractivity contribution in [2.75, 3.05) is 19.6 Å². The van der Waals surface area contributed by atoms with Gasteiger partial charge in [0, 0.05) is 18.4 Å². The highest BCUT2D eigenvalue weighted by atomic mass is 15.1. The van der Waals surface area contributed by atoms with Gasteiger partial charge in [0.1, 0.15) is 5.65 Å². The van der Waals surface area contributed by atoms with E-state index < -0.39 is 0 Å². The van der Waals surface area contributed by atoms with E-state index in [1.165, 1.54) is 43.9 Å². The van der Waals surface area contributed by atoms with E-state index in [1.54, 1.807) is 0 Å². The first-order valence-electron chi connectivity index (χ1n) is 7.42. The van der Waals surface area contributed by atoms with Crippen molar-refractivity contribution in [2.24, 2.45) is 5.92 Å². The number of rotatable bonds is 3. The molecule has 3 rings (SSSR count). The molecule has 0 amide bonds. The molecule has 0 bridgehead atoms. The first-order chi connectivity index (χ1) is 9.26. The van der Waals surface area contributed by atoms with E-state index in [0.717, 1.165) is 18.0 Å². The minimum atomic E-state index is 0.777. The minimum Gasteiger partial charge on any atom is -0.304 e. The second-order valence-electron chi connectivity index (χ2n) is 5.73. The van der Waals surface area contributed by atoms with Crippen molar-refractivity contribution >= 4 is 5.65 Å². The Labute approximate surface area is 115 Å². The van der Waals surface area contributed by atoms with Crippen molar-refractivity contribution in [3.8, 4) is 0 Å². The summed E-state index contributed by atoms with van der Waals surface area (Å²) in [5.74, 6) is 0.777. The van der Waals surface area contributed by atoms with Gasteiger partial charge in [-0.2, -0.15) is 0 Å². The van der Waals surface area contributed by atoms with Crippen molar-refractivity contribution < 1.29 is 0 Å².